The average Bonchev–Trinajstić information content (AvgIpc) is 3.16. The summed E-state index contributed by atoms with van der Waals surface area (Å²) in [7, 11) is 3.08. The summed E-state index contributed by atoms with van der Waals surface area (Å²) in [5.41, 5.74) is 2.31. The zero-order chi connectivity index (χ0) is 17.3. The lowest BCUT2D eigenvalue weighted by Crippen LogP contribution is -2.31. The fraction of sp³-hybridized carbons (Fsp3) is 0.222. The minimum Gasteiger partial charge on any atom is -0.464 e. The van der Waals surface area contributed by atoms with E-state index in [0.29, 0.717) is 5.69 Å². The third-order valence-corrected chi connectivity index (χ3v) is 4.90. The van der Waals surface area contributed by atoms with E-state index in [0.717, 1.165) is 21.5 Å². The number of carbonyl (C=O) groups excluding carboxylic acids is 2. The molecule has 0 aliphatic carbocycles. The Kier molecular flexibility index (Phi) is 4.40. The Bertz CT molecular complexity index is 910. The highest BCUT2D eigenvalue weighted by Crippen LogP contribution is 2.26. The van der Waals surface area contributed by atoms with E-state index >= 15 is 0 Å². The van der Waals surface area contributed by atoms with Crippen LogP contribution in [0.3, 0.4) is 0 Å². The molecule has 6 heteroatoms. The summed E-state index contributed by atoms with van der Waals surface area (Å²) in [5.74, 6) is -0.541. The smallest absolute Gasteiger partial charge is 0.354 e. The molecule has 1 aromatic carbocycles. The van der Waals surface area contributed by atoms with Gasteiger partial charge in [0, 0.05) is 18.1 Å². The molecule has 0 aliphatic heterocycles. The fourth-order valence-electron chi connectivity index (χ4n) is 2.63. The number of esters is 1. The van der Waals surface area contributed by atoms with Crippen molar-refractivity contribution in [1.82, 2.24) is 4.57 Å². The Morgan fingerprint density at radius 2 is 2.04 bits per heavy atom. The summed E-state index contributed by atoms with van der Waals surface area (Å²) in [6.07, 6.45) is 0. The molecule has 1 amide bonds. The maximum absolute atomic E-state index is 12.7. The third-order valence-electron chi connectivity index (χ3n) is 3.95. The lowest BCUT2D eigenvalue weighted by Gasteiger charge is -2.19. The molecule has 0 saturated carbocycles. The van der Waals surface area contributed by atoms with Crippen molar-refractivity contribution >= 4 is 39.1 Å². The number of benzene rings is 1. The van der Waals surface area contributed by atoms with Crippen LogP contribution in [0.25, 0.3) is 10.2 Å². The molecule has 24 heavy (non-hydrogen) atoms. The van der Waals surface area contributed by atoms with Gasteiger partial charge in [0.25, 0.3) is 0 Å². The number of fused-ring (bicyclic) bond motifs is 1. The van der Waals surface area contributed by atoms with E-state index in [1.54, 1.807) is 22.6 Å². The van der Waals surface area contributed by atoms with Gasteiger partial charge in [-0.3, -0.25) is 4.79 Å². The highest BCUT2D eigenvalue weighted by atomic mass is 32.1. The number of aromatic nitrogens is 1. The number of thiophene rings is 1. The van der Waals surface area contributed by atoms with Gasteiger partial charge in [-0.25, -0.2) is 4.79 Å². The number of nitrogens with zero attached hydrogens (tertiary/aromatic N) is 2. The van der Waals surface area contributed by atoms with Crippen LogP contribution in [0, 0.1) is 6.92 Å². The first-order chi connectivity index (χ1) is 11.5. The monoisotopic (exact) mass is 342 g/mol. The molecule has 2 aromatic heterocycles. The standard InChI is InChI=1S/C18H18N2O3S/c1-12-5-4-6-14(9-12)19(2)16(21)11-20-15(18(22)23-3)10-13-7-8-24-17(13)20/h4-10H,11H2,1-3H3. The van der Waals surface area contributed by atoms with E-state index in [4.69, 9.17) is 4.74 Å². The van der Waals surface area contributed by atoms with Gasteiger partial charge in [0.1, 0.15) is 17.1 Å². The Balaban J connectivity index is 1.92. The molecule has 0 bridgehead atoms. The van der Waals surface area contributed by atoms with Crippen LogP contribution in [0.15, 0.2) is 41.8 Å². The number of amides is 1. The normalized spacial score (nSPS) is 10.8. The zero-order valence-corrected chi connectivity index (χ0v) is 14.6. The molecule has 0 spiro atoms. The molecule has 0 saturated heterocycles. The SMILES string of the molecule is COC(=O)c1cc2ccsc2n1CC(=O)N(C)c1cccc(C)c1. The summed E-state index contributed by atoms with van der Waals surface area (Å²) >= 11 is 1.50. The molecular formula is C18H18N2O3S. The number of methoxy groups -OCH3 is 1. The number of carbonyl (C=O) groups is 2. The van der Waals surface area contributed by atoms with Crippen LogP contribution in [-0.2, 0) is 16.1 Å². The largest absolute Gasteiger partial charge is 0.464 e. The molecule has 0 aliphatic rings. The second kappa shape index (κ2) is 6.49. The molecule has 0 unspecified atom stereocenters. The second-order valence-corrected chi connectivity index (χ2v) is 6.47. The topological polar surface area (TPSA) is 51.5 Å². The Hall–Kier alpha value is -2.60. The number of hydrogen-bond acceptors (Lipinski definition) is 4. The van der Waals surface area contributed by atoms with E-state index < -0.39 is 5.97 Å². The van der Waals surface area contributed by atoms with E-state index in [1.165, 1.54) is 18.4 Å². The quantitative estimate of drug-likeness (QED) is 0.682. The lowest BCUT2D eigenvalue weighted by molar-refractivity contribution is -0.118. The average molecular weight is 342 g/mol. The lowest BCUT2D eigenvalue weighted by atomic mass is 10.2. The van der Waals surface area contributed by atoms with Crippen LogP contribution in [0.4, 0.5) is 5.69 Å². The van der Waals surface area contributed by atoms with Crippen molar-refractivity contribution in [2.24, 2.45) is 0 Å². The Morgan fingerprint density at radius 3 is 2.75 bits per heavy atom. The summed E-state index contributed by atoms with van der Waals surface area (Å²) in [6, 6.07) is 11.4. The molecule has 0 atom stereocenters. The molecule has 0 radical (unpaired) electrons. The predicted molar refractivity (Wildman–Crippen MR) is 95.7 cm³/mol. The summed E-state index contributed by atoms with van der Waals surface area (Å²) in [5, 5.41) is 2.88. The first-order valence-corrected chi connectivity index (χ1v) is 8.37. The number of likely N-dealkylation sites (N-methyl/N-ethyl adjacent to an activating group) is 1. The van der Waals surface area contributed by atoms with Gasteiger partial charge in [0.05, 0.1) is 7.11 Å². The van der Waals surface area contributed by atoms with Gasteiger partial charge < -0.3 is 14.2 Å². The van der Waals surface area contributed by atoms with Crippen LogP contribution in [0.5, 0.6) is 0 Å². The number of hydrogen-bond donors (Lipinski definition) is 0. The maximum Gasteiger partial charge on any atom is 0.354 e. The van der Waals surface area contributed by atoms with E-state index in [-0.39, 0.29) is 12.5 Å². The van der Waals surface area contributed by atoms with Gasteiger partial charge in [0.2, 0.25) is 5.91 Å². The summed E-state index contributed by atoms with van der Waals surface area (Å²) in [4.78, 5) is 27.2. The predicted octanol–water partition coefficient (Wildman–Crippen LogP) is 3.46. The van der Waals surface area contributed by atoms with Crippen LogP contribution >= 0.6 is 11.3 Å². The molecule has 3 rings (SSSR count). The van der Waals surface area contributed by atoms with Crippen molar-refractivity contribution in [2.75, 3.05) is 19.1 Å². The molecular weight excluding hydrogens is 324 g/mol. The highest BCUT2D eigenvalue weighted by Gasteiger charge is 2.20. The van der Waals surface area contributed by atoms with E-state index in [2.05, 4.69) is 0 Å². The minimum absolute atomic E-state index is 0.0822. The van der Waals surface area contributed by atoms with Gasteiger partial charge in [-0.1, -0.05) is 12.1 Å². The number of ether oxygens (including phenoxy) is 1. The van der Waals surface area contributed by atoms with E-state index in [1.807, 2.05) is 42.6 Å². The molecule has 3 aromatic rings. The highest BCUT2D eigenvalue weighted by molar-refractivity contribution is 7.16. The first-order valence-electron chi connectivity index (χ1n) is 7.49. The van der Waals surface area contributed by atoms with Crippen molar-refractivity contribution in [2.45, 2.75) is 13.5 Å². The van der Waals surface area contributed by atoms with Gasteiger partial charge >= 0.3 is 5.97 Å². The number of rotatable bonds is 4. The Labute approximate surface area is 144 Å². The maximum atomic E-state index is 12.7. The minimum atomic E-state index is -0.440. The fourth-order valence-corrected chi connectivity index (χ4v) is 3.52. The van der Waals surface area contributed by atoms with Crippen molar-refractivity contribution in [1.29, 1.82) is 0 Å². The summed E-state index contributed by atoms with van der Waals surface area (Å²) < 4.78 is 6.56. The van der Waals surface area contributed by atoms with Crippen molar-refractivity contribution in [3.63, 3.8) is 0 Å². The van der Waals surface area contributed by atoms with E-state index in [9.17, 15) is 9.59 Å². The summed E-state index contributed by atoms with van der Waals surface area (Å²) in [6.45, 7) is 2.07. The second-order valence-electron chi connectivity index (χ2n) is 5.58. The van der Waals surface area contributed by atoms with Gasteiger partial charge in [-0.15, -0.1) is 11.3 Å². The Morgan fingerprint density at radius 1 is 1.25 bits per heavy atom. The van der Waals surface area contributed by atoms with Crippen LogP contribution in [-0.4, -0.2) is 30.6 Å². The van der Waals surface area contributed by atoms with Crippen molar-refractivity contribution in [3.05, 3.63) is 53.0 Å². The molecule has 0 N–H and O–H groups in total. The molecule has 0 fully saturated rings. The van der Waals surface area contributed by atoms with Crippen LogP contribution < -0.4 is 4.90 Å². The molecule has 2 heterocycles. The molecule has 5 nitrogen and oxygen atoms in total. The number of aryl methyl sites for hydroxylation is 1. The van der Waals surface area contributed by atoms with Crippen LogP contribution in [0.2, 0.25) is 0 Å². The van der Waals surface area contributed by atoms with Gasteiger partial charge in [-0.05, 0) is 42.1 Å². The molecule has 124 valence electrons. The van der Waals surface area contributed by atoms with Crippen molar-refractivity contribution < 1.29 is 14.3 Å². The van der Waals surface area contributed by atoms with Gasteiger partial charge in [-0.2, -0.15) is 0 Å². The first kappa shape index (κ1) is 16.3. The van der Waals surface area contributed by atoms with Gasteiger partial charge in [0.15, 0.2) is 0 Å². The van der Waals surface area contributed by atoms with Crippen LogP contribution in [0.1, 0.15) is 16.1 Å². The zero-order valence-electron chi connectivity index (χ0n) is 13.8. The third kappa shape index (κ3) is 2.92. The van der Waals surface area contributed by atoms with Crippen molar-refractivity contribution in [3.8, 4) is 0 Å². The number of anilines is 1.